The van der Waals surface area contributed by atoms with Crippen LogP contribution in [0, 0.1) is 12.7 Å². The molecule has 1 atom stereocenters. The van der Waals surface area contributed by atoms with E-state index in [0.717, 1.165) is 0 Å². The Bertz CT molecular complexity index is 1010. The lowest BCUT2D eigenvalue weighted by molar-refractivity contribution is -0.130. The van der Waals surface area contributed by atoms with Gasteiger partial charge >= 0.3 is 0 Å². The lowest BCUT2D eigenvalue weighted by Gasteiger charge is -2.18. The molecule has 28 heavy (non-hydrogen) atoms. The Morgan fingerprint density at radius 3 is 2.39 bits per heavy atom. The average Bonchev–Trinajstić information content (AvgIpc) is 2.63. The molecule has 0 radical (unpaired) electrons. The van der Waals surface area contributed by atoms with Crippen LogP contribution in [-0.4, -0.2) is 45.3 Å². The van der Waals surface area contributed by atoms with Crippen molar-refractivity contribution in [3.63, 3.8) is 0 Å². The van der Waals surface area contributed by atoms with E-state index in [1.54, 1.807) is 6.92 Å². The number of benzene rings is 2. The zero-order valence-corrected chi connectivity index (χ0v) is 16.8. The van der Waals surface area contributed by atoms with Crippen molar-refractivity contribution in [3.05, 3.63) is 59.4 Å². The molecule has 2 N–H and O–H groups in total. The van der Waals surface area contributed by atoms with Crippen molar-refractivity contribution in [3.8, 4) is 0 Å². The predicted molar refractivity (Wildman–Crippen MR) is 104 cm³/mol. The maximum Gasteiger partial charge on any atom is 0.255 e. The van der Waals surface area contributed by atoms with Gasteiger partial charge in [0.05, 0.1) is 10.9 Å². The fraction of sp³-hybridized carbons (Fsp3) is 0.263. The summed E-state index contributed by atoms with van der Waals surface area (Å²) >= 11 is 0. The standard InChI is InChI=1S/C19H22FN3O4S/c1-12-10-15(8-9-17(12)20)21-18(24)14-6-5-7-16(11-14)28(26,27)22-13(2)19(25)23(3)4/h5-11,13,22H,1-4H3,(H,21,24)/t13-/m0/s1. The molecule has 150 valence electrons. The molecule has 2 rings (SSSR count). The first-order valence-corrected chi connectivity index (χ1v) is 9.90. The van der Waals surface area contributed by atoms with E-state index >= 15 is 0 Å². The van der Waals surface area contributed by atoms with E-state index in [0.29, 0.717) is 11.3 Å². The highest BCUT2D eigenvalue weighted by molar-refractivity contribution is 7.89. The van der Waals surface area contributed by atoms with Crippen molar-refractivity contribution in [1.29, 1.82) is 0 Å². The summed E-state index contributed by atoms with van der Waals surface area (Å²) in [7, 11) is -0.960. The Labute approximate surface area is 163 Å². The minimum absolute atomic E-state index is 0.108. The van der Waals surface area contributed by atoms with E-state index < -0.39 is 33.7 Å². The van der Waals surface area contributed by atoms with Crippen LogP contribution in [-0.2, 0) is 14.8 Å². The molecule has 2 amide bonds. The smallest absolute Gasteiger partial charge is 0.255 e. The predicted octanol–water partition coefficient (Wildman–Crippen LogP) is 2.14. The second-order valence-corrected chi connectivity index (χ2v) is 8.24. The van der Waals surface area contributed by atoms with Crippen molar-refractivity contribution in [2.45, 2.75) is 24.8 Å². The number of nitrogens with zero attached hydrogens (tertiary/aromatic N) is 1. The molecule has 0 aliphatic carbocycles. The van der Waals surface area contributed by atoms with E-state index in [1.165, 1.54) is 68.4 Å². The van der Waals surface area contributed by atoms with E-state index in [-0.39, 0.29) is 10.5 Å². The van der Waals surface area contributed by atoms with Crippen LogP contribution >= 0.6 is 0 Å². The number of sulfonamides is 1. The third-order valence-electron chi connectivity index (χ3n) is 3.97. The van der Waals surface area contributed by atoms with Crippen molar-refractivity contribution >= 4 is 27.5 Å². The maximum atomic E-state index is 13.3. The highest BCUT2D eigenvalue weighted by atomic mass is 32.2. The number of carbonyl (C=O) groups excluding carboxylic acids is 2. The first-order chi connectivity index (χ1) is 13.0. The molecule has 0 spiro atoms. The van der Waals surface area contributed by atoms with Gasteiger partial charge in [0, 0.05) is 25.3 Å². The van der Waals surface area contributed by atoms with Crippen LogP contribution in [0.3, 0.4) is 0 Å². The van der Waals surface area contributed by atoms with Crippen molar-refractivity contribution < 1.29 is 22.4 Å². The lowest BCUT2D eigenvalue weighted by Crippen LogP contribution is -2.44. The number of rotatable bonds is 6. The maximum absolute atomic E-state index is 13.3. The Hall–Kier alpha value is -2.78. The number of hydrogen-bond acceptors (Lipinski definition) is 4. The number of amides is 2. The van der Waals surface area contributed by atoms with Gasteiger partial charge in [-0.3, -0.25) is 9.59 Å². The summed E-state index contributed by atoms with van der Waals surface area (Å²) in [5, 5.41) is 2.60. The van der Waals surface area contributed by atoms with Crippen molar-refractivity contribution in [1.82, 2.24) is 9.62 Å². The molecule has 0 aliphatic heterocycles. The molecule has 0 saturated carbocycles. The third kappa shape index (κ3) is 5.14. The van der Waals surface area contributed by atoms with Crippen molar-refractivity contribution in [2.24, 2.45) is 0 Å². The van der Waals surface area contributed by atoms with Gasteiger partial charge in [0.2, 0.25) is 15.9 Å². The molecule has 0 bridgehead atoms. The van der Waals surface area contributed by atoms with Gasteiger partial charge in [-0.2, -0.15) is 4.72 Å². The number of nitrogens with one attached hydrogen (secondary N) is 2. The average molecular weight is 407 g/mol. The quantitative estimate of drug-likeness (QED) is 0.767. The Morgan fingerprint density at radius 2 is 1.79 bits per heavy atom. The molecule has 0 saturated heterocycles. The number of hydrogen-bond donors (Lipinski definition) is 2. The SMILES string of the molecule is Cc1cc(NC(=O)c2cccc(S(=O)(=O)N[C@@H](C)C(=O)N(C)C)c2)ccc1F. The van der Waals surface area contributed by atoms with E-state index in [2.05, 4.69) is 10.0 Å². The molecule has 2 aromatic carbocycles. The number of likely N-dealkylation sites (N-methyl/N-ethyl adjacent to an activating group) is 1. The van der Waals surface area contributed by atoms with Crippen LogP contribution in [0.1, 0.15) is 22.8 Å². The summed E-state index contributed by atoms with van der Waals surface area (Å²) in [5.74, 6) is -1.33. The molecule has 0 fully saturated rings. The molecule has 9 heteroatoms. The van der Waals surface area contributed by atoms with Gasteiger partial charge in [-0.05, 0) is 55.8 Å². The summed E-state index contributed by atoms with van der Waals surface area (Å²) in [6.45, 7) is 3.01. The first-order valence-electron chi connectivity index (χ1n) is 8.42. The van der Waals surface area contributed by atoms with E-state index in [4.69, 9.17) is 0 Å². The fourth-order valence-corrected chi connectivity index (χ4v) is 3.71. The van der Waals surface area contributed by atoms with Gasteiger partial charge in [0.25, 0.3) is 5.91 Å². The molecule has 0 heterocycles. The zero-order valence-electron chi connectivity index (χ0n) is 16.0. The van der Waals surface area contributed by atoms with Gasteiger partial charge < -0.3 is 10.2 Å². The number of anilines is 1. The number of carbonyl (C=O) groups is 2. The Kier molecular flexibility index (Phi) is 6.52. The highest BCUT2D eigenvalue weighted by Gasteiger charge is 2.23. The second kappa shape index (κ2) is 8.49. The summed E-state index contributed by atoms with van der Waals surface area (Å²) in [5.41, 5.74) is 0.870. The number of halogens is 1. The van der Waals surface area contributed by atoms with Crippen LogP contribution in [0.2, 0.25) is 0 Å². The van der Waals surface area contributed by atoms with Crippen LogP contribution in [0.5, 0.6) is 0 Å². The molecular weight excluding hydrogens is 385 g/mol. The van der Waals surface area contributed by atoms with E-state index in [1.807, 2.05) is 0 Å². The molecular formula is C19H22FN3O4S. The van der Waals surface area contributed by atoms with Crippen LogP contribution in [0.4, 0.5) is 10.1 Å². The Balaban J connectivity index is 2.21. The monoisotopic (exact) mass is 407 g/mol. The second-order valence-electron chi connectivity index (χ2n) is 6.52. The molecule has 0 aliphatic rings. The van der Waals surface area contributed by atoms with Gasteiger partial charge in [-0.25, -0.2) is 12.8 Å². The van der Waals surface area contributed by atoms with Crippen LogP contribution in [0.15, 0.2) is 47.4 Å². The largest absolute Gasteiger partial charge is 0.347 e. The minimum atomic E-state index is -4.01. The fourth-order valence-electron chi connectivity index (χ4n) is 2.47. The Morgan fingerprint density at radius 1 is 1.11 bits per heavy atom. The zero-order chi connectivity index (χ0) is 21.1. The molecule has 7 nitrogen and oxygen atoms in total. The lowest BCUT2D eigenvalue weighted by atomic mass is 10.2. The highest BCUT2D eigenvalue weighted by Crippen LogP contribution is 2.17. The first kappa shape index (κ1) is 21.5. The van der Waals surface area contributed by atoms with Crippen molar-refractivity contribution in [2.75, 3.05) is 19.4 Å². The molecule has 0 aromatic heterocycles. The molecule has 0 unspecified atom stereocenters. The summed E-state index contributed by atoms with van der Waals surface area (Å²) in [4.78, 5) is 25.5. The van der Waals surface area contributed by atoms with Gasteiger partial charge in [0.15, 0.2) is 0 Å². The molecule has 2 aromatic rings. The topological polar surface area (TPSA) is 95.6 Å². The van der Waals surface area contributed by atoms with Gasteiger partial charge in [-0.1, -0.05) is 6.07 Å². The normalized spacial score (nSPS) is 12.3. The van der Waals surface area contributed by atoms with Gasteiger partial charge in [0.1, 0.15) is 5.82 Å². The summed E-state index contributed by atoms with van der Waals surface area (Å²) < 4.78 is 40.7. The third-order valence-corrected chi connectivity index (χ3v) is 5.50. The van der Waals surface area contributed by atoms with E-state index in [9.17, 15) is 22.4 Å². The summed E-state index contributed by atoms with van der Waals surface area (Å²) in [6.07, 6.45) is 0. The van der Waals surface area contributed by atoms with Gasteiger partial charge in [-0.15, -0.1) is 0 Å². The minimum Gasteiger partial charge on any atom is -0.347 e. The van der Waals surface area contributed by atoms with Crippen LogP contribution < -0.4 is 10.0 Å². The summed E-state index contributed by atoms with van der Waals surface area (Å²) in [6, 6.07) is 8.59. The number of aryl methyl sites for hydroxylation is 1. The van der Waals surface area contributed by atoms with Crippen LogP contribution in [0.25, 0.3) is 0 Å².